The minimum Gasteiger partial charge on any atom is -0.345 e. The number of thiophene rings is 1. The van der Waals surface area contributed by atoms with Crippen LogP contribution in [0.3, 0.4) is 0 Å². The Morgan fingerprint density at radius 1 is 1.27 bits per heavy atom. The zero-order valence-electron chi connectivity index (χ0n) is 12.2. The lowest BCUT2D eigenvalue weighted by Crippen LogP contribution is -3.18. The molecule has 0 spiro atoms. The fourth-order valence-electron chi connectivity index (χ4n) is 3.56. The van der Waals surface area contributed by atoms with Crippen molar-refractivity contribution >= 4 is 37.2 Å². The summed E-state index contributed by atoms with van der Waals surface area (Å²) in [4.78, 5) is 13.5. The normalized spacial score (nSPS) is 25.8. The van der Waals surface area contributed by atoms with E-state index in [2.05, 4.69) is 20.9 Å². The molecule has 4 rings (SSSR count). The molecule has 0 aliphatic carbocycles. The zero-order chi connectivity index (χ0) is 15.2. The van der Waals surface area contributed by atoms with Crippen molar-refractivity contribution in [2.45, 2.75) is 12.5 Å². The second-order valence-corrected chi connectivity index (χ2v) is 9.21. The van der Waals surface area contributed by atoms with Gasteiger partial charge in [0.15, 0.2) is 9.84 Å². The van der Waals surface area contributed by atoms with Crippen molar-refractivity contribution in [1.29, 1.82) is 0 Å². The van der Waals surface area contributed by atoms with Crippen LogP contribution in [0.5, 0.6) is 0 Å². The first kappa shape index (κ1) is 14.3. The number of sulfone groups is 1. The second kappa shape index (κ2) is 5.43. The second-order valence-electron chi connectivity index (χ2n) is 6.08. The van der Waals surface area contributed by atoms with E-state index in [1.807, 2.05) is 5.38 Å². The molecule has 4 heterocycles. The van der Waals surface area contributed by atoms with Crippen molar-refractivity contribution in [2.24, 2.45) is 0 Å². The molecule has 0 saturated carbocycles. The SMILES string of the molecule is O=S1(=O)CC[C@@H]([NH+]2CCN(c3ncnc4sccc34)CC2)C1. The van der Waals surface area contributed by atoms with Crippen molar-refractivity contribution in [3.05, 3.63) is 17.8 Å². The van der Waals surface area contributed by atoms with Crippen molar-refractivity contribution in [3.8, 4) is 0 Å². The predicted molar refractivity (Wildman–Crippen MR) is 87.4 cm³/mol. The standard InChI is InChI=1S/C14H18N4O2S2/c19-22(20)8-2-11(9-22)17-3-5-18(6-4-17)13-12-1-7-21-14(12)16-10-15-13/h1,7,10-11H,2-6,8-9H2/p+1/t11-/m1/s1. The van der Waals surface area contributed by atoms with Gasteiger partial charge in [0.05, 0.1) is 37.3 Å². The summed E-state index contributed by atoms with van der Waals surface area (Å²) in [5.74, 6) is 1.75. The van der Waals surface area contributed by atoms with Crippen LogP contribution in [0.1, 0.15) is 6.42 Å². The van der Waals surface area contributed by atoms with Gasteiger partial charge in [0.1, 0.15) is 28.8 Å². The number of aromatic nitrogens is 2. The lowest BCUT2D eigenvalue weighted by atomic mass is 10.2. The molecule has 6 nitrogen and oxygen atoms in total. The van der Waals surface area contributed by atoms with Crippen molar-refractivity contribution in [2.75, 3.05) is 42.6 Å². The number of nitrogens with one attached hydrogen (secondary N) is 1. The summed E-state index contributed by atoms with van der Waals surface area (Å²) in [6.07, 6.45) is 2.46. The van der Waals surface area contributed by atoms with E-state index in [4.69, 9.17) is 0 Å². The summed E-state index contributed by atoms with van der Waals surface area (Å²) in [6.45, 7) is 3.81. The van der Waals surface area contributed by atoms with Gasteiger partial charge in [-0.1, -0.05) is 0 Å². The number of rotatable bonds is 2. The molecule has 0 bridgehead atoms. The highest BCUT2D eigenvalue weighted by atomic mass is 32.2. The molecule has 118 valence electrons. The highest BCUT2D eigenvalue weighted by molar-refractivity contribution is 7.91. The number of anilines is 1. The lowest BCUT2D eigenvalue weighted by Gasteiger charge is -2.35. The zero-order valence-corrected chi connectivity index (χ0v) is 13.9. The van der Waals surface area contributed by atoms with Gasteiger partial charge in [-0.25, -0.2) is 18.4 Å². The largest absolute Gasteiger partial charge is 0.345 e. The van der Waals surface area contributed by atoms with Crippen LogP contribution >= 0.6 is 11.3 Å². The van der Waals surface area contributed by atoms with Crippen molar-refractivity contribution in [3.63, 3.8) is 0 Å². The van der Waals surface area contributed by atoms with E-state index in [0.29, 0.717) is 17.5 Å². The molecule has 0 amide bonds. The molecule has 2 aliphatic rings. The lowest BCUT2D eigenvalue weighted by molar-refractivity contribution is -0.922. The van der Waals surface area contributed by atoms with Gasteiger partial charge in [0.25, 0.3) is 0 Å². The maximum Gasteiger partial charge on any atom is 0.156 e. The van der Waals surface area contributed by atoms with Crippen LogP contribution in [0.25, 0.3) is 10.2 Å². The van der Waals surface area contributed by atoms with Gasteiger partial charge in [-0.15, -0.1) is 11.3 Å². The Labute approximate surface area is 133 Å². The predicted octanol–water partition coefficient (Wildman–Crippen LogP) is -0.417. The summed E-state index contributed by atoms with van der Waals surface area (Å²) in [5, 5.41) is 3.17. The van der Waals surface area contributed by atoms with Gasteiger partial charge in [-0.3, -0.25) is 0 Å². The van der Waals surface area contributed by atoms with Gasteiger partial charge >= 0.3 is 0 Å². The Hall–Kier alpha value is -1.25. The van der Waals surface area contributed by atoms with Crippen LogP contribution in [-0.2, 0) is 9.84 Å². The van der Waals surface area contributed by atoms with Crippen molar-refractivity contribution in [1.82, 2.24) is 9.97 Å². The molecular formula is C14H19N4O2S2+. The van der Waals surface area contributed by atoms with Gasteiger partial charge < -0.3 is 9.80 Å². The molecule has 2 aromatic heterocycles. The van der Waals surface area contributed by atoms with E-state index in [1.54, 1.807) is 17.7 Å². The number of fused-ring (bicyclic) bond motifs is 1. The van der Waals surface area contributed by atoms with E-state index in [0.717, 1.165) is 48.6 Å². The first-order chi connectivity index (χ1) is 10.6. The Morgan fingerprint density at radius 2 is 2.09 bits per heavy atom. The van der Waals surface area contributed by atoms with E-state index in [9.17, 15) is 8.42 Å². The Kier molecular flexibility index (Phi) is 3.54. The smallest absolute Gasteiger partial charge is 0.156 e. The summed E-state index contributed by atoms with van der Waals surface area (Å²) < 4.78 is 23.3. The highest BCUT2D eigenvalue weighted by Crippen LogP contribution is 2.26. The van der Waals surface area contributed by atoms with Gasteiger partial charge in [-0.05, 0) is 11.4 Å². The van der Waals surface area contributed by atoms with E-state index in [1.165, 1.54) is 4.90 Å². The van der Waals surface area contributed by atoms with Gasteiger partial charge in [0, 0.05) is 6.42 Å². The molecule has 0 radical (unpaired) electrons. The van der Waals surface area contributed by atoms with Crippen molar-refractivity contribution < 1.29 is 13.3 Å². The van der Waals surface area contributed by atoms with E-state index >= 15 is 0 Å². The monoisotopic (exact) mass is 339 g/mol. The molecule has 1 atom stereocenters. The molecule has 0 unspecified atom stereocenters. The highest BCUT2D eigenvalue weighted by Gasteiger charge is 2.37. The maximum absolute atomic E-state index is 11.6. The van der Waals surface area contributed by atoms with Crippen LogP contribution in [0, 0.1) is 0 Å². The van der Waals surface area contributed by atoms with Crippen LogP contribution in [0.4, 0.5) is 5.82 Å². The molecular weight excluding hydrogens is 320 g/mol. The summed E-state index contributed by atoms with van der Waals surface area (Å²) in [7, 11) is -2.79. The number of piperazine rings is 1. The van der Waals surface area contributed by atoms with Crippen LogP contribution in [0.2, 0.25) is 0 Å². The van der Waals surface area contributed by atoms with Crippen LogP contribution < -0.4 is 9.80 Å². The Bertz CT molecular complexity index is 781. The molecule has 2 saturated heterocycles. The van der Waals surface area contributed by atoms with E-state index < -0.39 is 9.84 Å². The van der Waals surface area contributed by atoms with Crippen LogP contribution in [-0.4, -0.2) is 62.1 Å². The molecule has 22 heavy (non-hydrogen) atoms. The molecule has 1 N–H and O–H groups in total. The molecule has 2 aromatic rings. The van der Waals surface area contributed by atoms with Crippen LogP contribution in [0.15, 0.2) is 17.8 Å². The number of hydrogen-bond donors (Lipinski definition) is 1. The van der Waals surface area contributed by atoms with Gasteiger partial charge in [0.2, 0.25) is 0 Å². The van der Waals surface area contributed by atoms with Gasteiger partial charge in [-0.2, -0.15) is 0 Å². The maximum atomic E-state index is 11.6. The summed E-state index contributed by atoms with van der Waals surface area (Å²) in [6, 6.07) is 2.37. The topological polar surface area (TPSA) is 67.6 Å². The minimum atomic E-state index is -2.79. The number of hydrogen-bond acceptors (Lipinski definition) is 6. The minimum absolute atomic E-state index is 0.290. The molecule has 0 aromatic carbocycles. The third-order valence-electron chi connectivity index (χ3n) is 4.76. The van der Waals surface area contributed by atoms with E-state index in [-0.39, 0.29) is 0 Å². The molecule has 2 fully saturated rings. The summed E-state index contributed by atoms with van der Waals surface area (Å²) >= 11 is 1.64. The fourth-order valence-corrected chi connectivity index (χ4v) is 6.11. The quantitative estimate of drug-likeness (QED) is 0.805. The Morgan fingerprint density at radius 3 is 2.82 bits per heavy atom. The number of nitrogens with zero attached hydrogens (tertiary/aromatic N) is 3. The molecule has 2 aliphatic heterocycles. The first-order valence-corrected chi connectivity index (χ1v) is 10.3. The fraction of sp³-hybridized carbons (Fsp3) is 0.571. The third-order valence-corrected chi connectivity index (χ3v) is 7.34. The Balaban J connectivity index is 1.47. The third kappa shape index (κ3) is 2.59. The number of quaternary nitrogens is 1. The summed E-state index contributed by atoms with van der Waals surface area (Å²) in [5.41, 5.74) is 0. The average molecular weight is 339 g/mol. The first-order valence-electron chi connectivity index (χ1n) is 7.60. The average Bonchev–Trinajstić information content (AvgIpc) is 3.13. The molecule has 8 heteroatoms.